The van der Waals surface area contributed by atoms with E-state index in [1.807, 2.05) is 4.57 Å². The molecule has 13 nitrogen and oxygen atoms in total. The third kappa shape index (κ3) is 8.13. The average molecular weight is 701 g/mol. The second-order valence-corrected chi connectivity index (χ2v) is 25.4. The highest BCUT2D eigenvalue weighted by atomic mass is 28.4. The molecule has 0 saturated carbocycles. The van der Waals surface area contributed by atoms with E-state index in [2.05, 4.69) is 88.0 Å². The molecule has 48 heavy (non-hydrogen) atoms. The molecular weight excluding hydrogens is 649 g/mol. The molecule has 3 heterocycles. The van der Waals surface area contributed by atoms with E-state index in [1.54, 1.807) is 32.3 Å². The summed E-state index contributed by atoms with van der Waals surface area (Å²) in [6.07, 6.45) is 0.333. The first-order valence-electron chi connectivity index (χ1n) is 16.4. The molecule has 1 aliphatic heterocycles. The van der Waals surface area contributed by atoms with Gasteiger partial charge in [-0.2, -0.15) is 9.97 Å². The number of benzene rings is 1. The van der Waals surface area contributed by atoms with Gasteiger partial charge in [0.15, 0.2) is 27.8 Å². The Morgan fingerprint density at radius 3 is 2.35 bits per heavy atom. The second kappa shape index (κ2) is 13.6. The van der Waals surface area contributed by atoms with Crippen LogP contribution < -0.4 is 10.1 Å². The lowest BCUT2D eigenvalue weighted by molar-refractivity contribution is -0.386. The van der Waals surface area contributed by atoms with Crippen molar-refractivity contribution >= 4 is 45.3 Å². The average Bonchev–Trinajstić information content (AvgIpc) is 3.53. The zero-order valence-electron chi connectivity index (χ0n) is 30.6. The lowest BCUT2D eigenvalue weighted by Gasteiger charge is -2.40. The number of hydrogen-bond donors (Lipinski definition) is 1. The van der Waals surface area contributed by atoms with E-state index in [1.165, 1.54) is 13.0 Å². The Hall–Kier alpha value is -3.25. The van der Waals surface area contributed by atoms with Crippen LogP contribution in [0.5, 0.6) is 5.88 Å². The number of nitro benzene ring substituents is 1. The van der Waals surface area contributed by atoms with Crippen molar-refractivity contribution in [3.05, 3.63) is 45.8 Å². The van der Waals surface area contributed by atoms with E-state index < -0.39 is 33.9 Å². The van der Waals surface area contributed by atoms with E-state index in [9.17, 15) is 14.9 Å². The number of nitrogens with one attached hydrogen (secondary N) is 1. The Morgan fingerprint density at radius 2 is 1.77 bits per heavy atom. The maximum absolute atomic E-state index is 12.1. The fourth-order valence-electron chi connectivity index (χ4n) is 4.99. The molecule has 0 bridgehead atoms. The number of hydrogen-bond acceptors (Lipinski definition) is 10. The highest BCUT2D eigenvalue weighted by Gasteiger charge is 2.47. The SMILES string of the molecule is CC(=O)Nc1nc(OC(C)c2ccc(C)cc2[N+](=O)[O-])c2ncn([C@H]3CC(O[Si](C)(C)C(C)(C)C)[C@@H](CO[Si](C)(C)C(C)(C)C)O3)c2n1. The summed E-state index contributed by atoms with van der Waals surface area (Å²) < 4.78 is 28.4. The van der Waals surface area contributed by atoms with Crippen molar-refractivity contribution < 1.29 is 28.0 Å². The van der Waals surface area contributed by atoms with Crippen molar-refractivity contribution in [2.45, 2.75) is 130 Å². The molecular formula is C33H52N6O7Si2. The maximum Gasteiger partial charge on any atom is 0.276 e. The molecule has 4 rings (SSSR count). The summed E-state index contributed by atoms with van der Waals surface area (Å²) >= 11 is 0. The van der Waals surface area contributed by atoms with Crippen LogP contribution in [-0.2, 0) is 18.4 Å². The van der Waals surface area contributed by atoms with E-state index >= 15 is 0 Å². The molecule has 1 N–H and O–H groups in total. The Balaban J connectivity index is 1.73. The lowest BCUT2D eigenvalue weighted by atomic mass is 10.1. The van der Waals surface area contributed by atoms with Crippen LogP contribution in [0.25, 0.3) is 11.2 Å². The van der Waals surface area contributed by atoms with Gasteiger partial charge in [0.1, 0.15) is 18.4 Å². The third-order valence-electron chi connectivity index (χ3n) is 9.94. The van der Waals surface area contributed by atoms with Gasteiger partial charge in [-0.25, -0.2) is 4.98 Å². The quantitative estimate of drug-likeness (QED) is 0.119. The van der Waals surface area contributed by atoms with Gasteiger partial charge in [0.25, 0.3) is 5.69 Å². The molecule has 4 atom stereocenters. The monoisotopic (exact) mass is 700 g/mol. The number of anilines is 1. The minimum absolute atomic E-state index is 0.00638. The van der Waals surface area contributed by atoms with Crippen LogP contribution in [0.15, 0.2) is 24.5 Å². The number of aromatic nitrogens is 4. The van der Waals surface area contributed by atoms with Crippen LogP contribution in [0, 0.1) is 17.0 Å². The summed E-state index contributed by atoms with van der Waals surface area (Å²) in [7, 11) is -4.27. The van der Waals surface area contributed by atoms with Crippen LogP contribution in [0.1, 0.15) is 85.3 Å². The zero-order valence-corrected chi connectivity index (χ0v) is 32.6. The number of carbonyl (C=O) groups excluding carboxylic acids is 1. The van der Waals surface area contributed by atoms with Gasteiger partial charge in [-0.15, -0.1) is 0 Å². The van der Waals surface area contributed by atoms with Crippen molar-refractivity contribution in [1.29, 1.82) is 0 Å². The highest BCUT2D eigenvalue weighted by molar-refractivity contribution is 6.74. The number of carbonyl (C=O) groups is 1. The number of amides is 1. The molecule has 0 radical (unpaired) electrons. The molecule has 1 fully saturated rings. The number of fused-ring (bicyclic) bond motifs is 1. The Bertz CT molecular complexity index is 1660. The Kier molecular flexibility index (Phi) is 10.6. The van der Waals surface area contributed by atoms with E-state index in [4.69, 9.17) is 18.3 Å². The van der Waals surface area contributed by atoms with Gasteiger partial charge < -0.3 is 18.3 Å². The molecule has 1 amide bonds. The molecule has 2 unspecified atom stereocenters. The summed E-state index contributed by atoms with van der Waals surface area (Å²) in [6, 6.07) is 4.97. The molecule has 0 spiro atoms. The number of aryl methyl sites for hydroxylation is 1. The van der Waals surface area contributed by atoms with Crippen molar-refractivity contribution in [2.75, 3.05) is 11.9 Å². The first kappa shape index (κ1) is 37.6. The maximum atomic E-state index is 12.1. The second-order valence-electron chi connectivity index (χ2n) is 15.8. The van der Waals surface area contributed by atoms with Crippen LogP contribution >= 0.6 is 0 Å². The van der Waals surface area contributed by atoms with E-state index in [-0.39, 0.29) is 45.7 Å². The number of ether oxygens (including phenoxy) is 2. The van der Waals surface area contributed by atoms with Gasteiger partial charge >= 0.3 is 0 Å². The van der Waals surface area contributed by atoms with Gasteiger partial charge in [0, 0.05) is 19.4 Å². The first-order valence-corrected chi connectivity index (χ1v) is 22.2. The molecule has 1 aromatic carbocycles. The normalized spacial score (nSPS) is 19.8. The van der Waals surface area contributed by atoms with Gasteiger partial charge in [0.05, 0.1) is 29.5 Å². The standard InChI is InChI=1S/C33H52N6O7Si2/c1-20-14-15-23(24(16-20)39(41)42)21(2)44-30-28-29(36-31(37-30)35-22(3)40)38(19-34-28)27-17-25(46-48(12,13)33(7,8)9)26(45-27)18-43-47(10,11)32(4,5)6/h14-16,19,21,25-27H,17-18H2,1-13H3,(H,35,36,37,40)/t21?,25?,26-,27-/m1/s1. The largest absolute Gasteiger partial charge is 0.468 e. The summed E-state index contributed by atoms with van der Waals surface area (Å²) in [5.41, 5.74) is 1.80. The van der Waals surface area contributed by atoms with Gasteiger partial charge in [-0.1, -0.05) is 47.6 Å². The summed E-state index contributed by atoms with van der Waals surface area (Å²) in [5.74, 6) is -0.270. The molecule has 1 aliphatic rings. The molecule has 15 heteroatoms. The zero-order chi connectivity index (χ0) is 36.0. The van der Waals surface area contributed by atoms with Gasteiger partial charge in [-0.05, 0) is 61.7 Å². The van der Waals surface area contributed by atoms with Gasteiger partial charge in [0.2, 0.25) is 17.7 Å². The van der Waals surface area contributed by atoms with E-state index in [0.717, 1.165) is 5.56 Å². The summed E-state index contributed by atoms with van der Waals surface area (Å²) in [5, 5.41) is 14.5. The summed E-state index contributed by atoms with van der Waals surface area (Å²) in [6.45, 7) is 27.4. The molecule has 264 valence electrons. The van der Waals surface area contributed by atoms with Crippen LogP contribution in [0.4, 0.5) is 11.6 Å². The molecule has 0 aliphatic carbocycles. The Morgan fingerprint density at radius 1 is 1.12 bits per heavy atom. The number of imidazole rings is 1. The Labute approximate surface area is 285 Å². The smallest absolute Gasteiger partial charge is 0.276 e. The lowest BCUT2D eigenvalue weighted by Crippen LogP contribution is -2.48. The van der Waals surface area contributed by atoms with Crippen molar-refractivity contribution in [3.63, 3.8) is 0 Å². The van der Waals surface area contributed by atoms with Crippen LogP contribution in [0.2, 0.25) is 36.3 Å². The predicted octanol–water partition coefficient (Wildman–Crippen LogP) is 7.84. The van der Waals surface area contributed by atoms with Crippen LogP contribution in [0.3, 0.4) is 0 Å². The topological polar surface area (TPSA) is 153 Å². The van der Waals surface area contributed by atoms with Gasteiger partial charge in [-0.3, -0.25) is 24.8 Å². The number of nitro groups is 1. The molecule has 2 aromatic heterocycles. The van der Waals surface area contributed by atoms with Crippen molar-refractivity contribution in [3.8, 4) is 5.88 Å². The highest BCUT2D eigenvalue weighted by Crippen LogP contribution is 2.43. The minimum Gasteiger partial charge on any atom is -0.468 e. The van der Waals surface area contributed by atoms with E-state index in [0.29, 0.717) is 29.8 Å². The summed E-state index contributed by atoms with van der Waals surface area (Å²) in [4.78, 5) is 37.2. The number of nitrogens with zero attached hydrogens (tertiary/aromatic N) is 5. The van der Waals surface area contributed by atoms with Crippen molar-refractivity contribution in [1.82, 2.24) is 19.5 Å². The number of rotatable bonds is 11. The van der Waals surface area contributed by atoms with Crippen LogP contribution in [-0.4, -0.2) is 65.8 Å². The minimum atomic E-state index is -2.18. The third-order valence-corrected chi connectivity index (χ3v) is 18.9. The fourth-order valence-corrected chi connectivity index (χ4v) is 7.36. The predicted molar refractivity (Wildman–Crippen MR) is 190 cm³/mol. The first-order chi connectivity index (χ1) is 22.0. The molecule has 3 aromatic rings. The van der Waals surface area contributed by atoms with Crippen molar-refractivity contribution in [2.24, 2.45) is 0 Å². The fraction of sp³-hybridized carbons (Fsp3) is 0.636. The molecule has 1 saturated heterocycles.